The van der Waals surface area contributed by atoms with Crippen LogP contribution in [-0.2, 0) is 0 Å². The van der Waals surface area contributed by atoms with E-state index in [1.54, 1.807) is 6.92 Å². The van der Waals surface area contributed by atoms with E-state index in [0.29, 0.717) is 17.1 Å². The third-order valence-corrected chi connectivity index (χ3v) is 3.76. The van der Waals surface area contributed by atoms with Crippen molar-refractivity contribution in [1.82, 2.24) is 20.2 Å². The first-order valence-electron chi connectivity index (χ1n) is 4.96. The highest BCUT2D eigenvalue weighted by Gasteiger charge is 2.13. The molecule has 0 atom stereocenters. The van der Waals surface area contributed by atoms with E-state index in [1.165, 1.54) is 23.1 Å². The molecule has 3 N–H and O–H groups in total. The highest BCUT2D eigenvalue weighted by molar-refractivity contribution is 7.99. The summed E-state index contributed by atoms with van der Waals surface area (Å²) in [5.74, 6) is 6.23. The highest BCUT2D eigenvalue weighted by Crippen LogP contribution is 2.33. The first kappa shape index (κ1) is 11.4. The Hall–Kier alpha value is -1.71. The fraction of sp³-hybridized carbons (Fsp3) is 0.111. The van der Waals surface area contributed by atoms with Crippen molar-refractivity contribution in [3.05, 3.63) is 17.3 Å². The van der Waals surface area contributed by atoms with Gasteiger partial charge in [0.15, 0.2) is 0 Å². The summed E-state index contributed by atoms with van der Waals surface area (Å²) < 4.78 is 5.32. The summed E-state index contributed by atoms with van der Waals surface area (Å²) in [4.78, 5) is 9.40. The molecule has 0 aliphatic carbocycles. The van der Waals surface area contributed by atoms with E-state index in [-0.39, 0.29) is 0 Å². The van der Waals surface area contributed by atoms with Crippen molar-refractivity contribution in [3.8, 4) is 0 Å². The molecule has 0 bridgehead atoms. The number of aromatic nitrogens is 4. The van der Waals surface area contributed by atoms with Crippen molar-refractivity contribution >= 4 is 39.3 Å². The Balaban J connectivity index is 2.06. The molecule has 0 aromatic carbocycles. The second kappa shape index (κ2) is 4.52. The van der Waals surface area contributed by atoms with Gasteiger partial charge in [0.2, 0.25) is 11.8 Å². The van der Waals surface area contributed by atoms with Gasteiger partial charge in [0.25, 0.3) is 5.22 Å². The summed E-state index contributed by atoms with van der Waals surface area (Å²) in [6.07, 6.45) is 0. The Kier molecular flexibility index (Phi) is 2.86. The third kappa shape index (κ3) is 2.03. The summed E-state index contributed by atoms with van der Waals surface area (Å²) in [6.45, 7) is 1.74. The van der Waals surface area contributed by atoms with Crippen molar-refractivity contribution in [2.45, 2.75) is 17.2 Å². The molecule has 0 spiro atoms. The van der Waals surface area contributed by atoms with E-state index in [2.05, 4.69) is 25.6 Å². The van der Waals surface area contributed by atoms with Gasteiger partial charge in [0.1, 0.15) is 9.86 Å². The lowest BCUT2D eigenvalue weighted by atomic mass is 10.4. The van der Waals surface area contributed by atoms with Crippen LogP contribution < -0.4 is 11.3 Å². The van der Waals surface area contributed by atoms with Gasteiger partial charge in [-0.1, -0.05) is 0 Å². The van der Waals surface area contributed by atoms with Crippen LogP contribution in [0.5, 0.6) is 0 Å². The average Bonchev–Trinajstić information content (AvgIpc) is 2.98. The minimum absolute atomic E-state index is 0.365. The molecule has 0 saturated carbocycles. The topological polar surface area (TPSA) is 103 Å². The van der Waals surface area contributed by atoms with E-state index >= 15 is 0 Å². The van der Waals surface area contributed by atoms with Gasteiger partial charge < -0.3 is 4.42 Å². The summed E-state index contributed by atoms with van der Waals surface area (Å²) in [7, 11) is 0. The Labute approximate surface area is 110 Å². The van der Waals surface area contributed by atoms with Crippen LogP contribution in [0.3, 0.4) is 0 Å². The van der Waals surface area contributed by atoms with E-state index in [0.717, 1.165) is 15.2 Å². The number of nitrogens with one attached hydrogen (secondary N) is 1. The van der Waals surface area contributed by atoms with Crippen LogP contribution in [0.2, 0.25) is 0 Å². The maximum absolute atomic E-state index is 5.34. The standard InChI is InChI=1S/C9H8N6OS2/c1-4-14-15-9(16-4)18-7-5-2-3-17-6(5)11-8(12-7)13-10/h2-3H,10H2,1H3,(H,11,12,13). The SMILES string of the molecule is Cc1nnc(Sc2nc(NN)nc3sccc23)o1. The fourth-order valence-electron chi connectivity index (χ4n) is 1.37. The molecule has 3 aromatic rings. The van der Waals surface area contributed by atoms with Crippen LogP contribution in [-0.4, -0.2) is 20.2 Å². The van der Waals surface area contributed by atoms with Crippen molar-refractivity contribution in [1.29, 1.82) is 0 Å². The molecule has 0 radical (unpaired) electrons. The lowest BCUT2D eigenvalue weighted by molar-refractivity contribution is 0.429. The lowest BCUT2D eigenvalue weighted by Crippen LogP contribution is -2.10. The van der Waals surface area contributed by atoms with E-state index in [4.69, 9.17) is 10.3 Å². The molecule has 9 heteroatoms. The van der Waals surface area contributed by atoms with Crippen molar-refractivity contribution in [2.24, 2.45) is 5.84 Å². The van der Waals surface area contributed by atoms with Gasteiger partial charge in [-0.25, -0.2) is 15.8 Å². The molecule has 7 nitrogen and oxygen atoms in total. The van der Waals surface area contributed by atoms with Gasteiger partial charge in [0.05, 0.1) is 0 Å². The largest absolute Gasteiger partial charge is 0.416 e. The van der Waals surface area contributed by atoms with Gasteiger partial charge in [0, 0.05) is 12.3 Å². The zero-order chi connectivity index (χ0) is 12.5. The number of fused-ring (bicyclic) bond motifs is 1. The van der Waals surface area contributed by atoms with Crippen LogP contribution in [0.1, 0.15) is 5.89 Å². The van der Waals surface area contributed by atoms with Gasteiger partial charge in [-0.2, -0.15) is 0 Å². The first-order valence-corrected chi connectivity index (χ1v) is 6.65. The van der Waals surface area contributed by atoms with Crippen molar-refractivity contribution < 1.29 is 4.42 Å². The number of hydrogen-bond donors (Lipinski definition) is 2. The number of hydrogen-bond acceptors (Lipinski definition) is 9. The molecule has 18 heavy (non-hydrogen) atoms. The Morgan fingerprint density at radius 1 is 1.39 bits per heavy atom. The van der Waals surface area contributed by atoms with Crippen LogP contribution in [0, 0.1) is 6.92 Å². The predicted molar refractivity (Wildman–Crippen MR) is 68.4 cm³/mol. The minimum atomic E-state index is 0.365. The zero-order valence-electron chi connectivity index (χ0n) is 9.25. The van der Waals surface area contributed by atoms with Crippen LogP contribution >= 0.6 is 23.1 Å². The predicted octanol–water partition coefficient (Wildman–Crippen LogP) is 1.82. The molecule has 0 aliphatic rings. The van der Waals surface area contributed by atoms with Crippen LogP contribution in [0.15, 0.2) is 26.1 Å². The monoisotopic (exact) mass is 280 g/mol. The number of nitrogens with two attached hydrogens (primary N) is 1. The Morgan fingerprint density at radius 3 is 3.00 bits per heavy atom. The quantitative estimate of drug-likeness (QED) is 0.425. The molecule has 0 fully saturated rings. The highest BCUT2D eigenvalue weighted by atomic mass is 32.2. The lowest BCUT2D eigenvalue weighted by Gasteiger charge is -2.02. The molecular weight excluding hydrogens is 272 g/mol. The molecule has 3 aromatic heterocycles. The van der Waals surface area contributed by atoms with Gasteiger partial charge in [-0.3, -0.25) is 5.43 Å². The molecule has 3 rings (SSSR count). The smallest absolute Gasteiger partial charge is 0.282 e. The Bertz CT molecular complexity index is 693. The Morgan fingerprint density at radius 2 is 2.28 bits per heavy atom. The van der Waals surface area contributed by atoms with Gasteiger partial charge in [-0.15, -0.1) is 21.5 Å². The number of nitrogen functional groups attached to an aromatic ring is 1. The van der Waals surface area contributed by atoms with Crippen molar-refractivity contribution in [2.75, 3.05) is 5.43 Å². The first-order chi connectivity index (χ1) is 8.76. The summed E-state index contributed by atoms with van der Waals surface area (Å²) >= 11 is 2.81. The second-order valence-corrected chi connectivity index (χ2v) is 5.16. The number of aryl methyl sites for hydroxylation is 1. The molecule has 3 heterocycles. The summed E-state index contributed by atoms with van der Waals surface area (Å²) in [5.41, 5.74) is 2.44. The van der Waals surface area contributed by atoms with E-state index in [1.807, 2.05) is 11.4 Å². The molecule has 0 amide bonds. The maximum Gasteiger partial charge on any atom is 0.282 e. The third-order valence-electron chi connectivity index (χ3n) is 2.11. The van der Waals surface area contributed by atoms with E-state index < -0.39 is 0 Å². The number of rotatable bonds is 3. The molecule has 92 valence electrons. The van der Waals surface area contributed by atoms with E-state index in [9.17, 15) is 0 Å². The van der Waals surface area contributed by atoms with Gasteiger partial charge in [-0.05, 0) is 23.2 Å². The normalized spacial score (nSPS) is 11.0. The number of anilines is 1. The molecular formula is C9H8N6OS2. The zero-order valence-corrected chi connectivity index (χ0v) is 10.9. The van der Waals surface area contributed by atoms with Crippen LogP contribution in [0.4, 0.5) is 5.95 Å². The van der Waals surface area contributed by atoms with Crippen LogP contribution in [0.25, 0.3) is 10.2 Å². The summed E-state index contributed by atoms with van der Waals surface area (Å²) in [6, 6.07) is 1.95. The average molecular weight is 280 g/mol. The number of thiophene rings is 1. The second-order valence-electron chi connectivity index (χ2n) is 3.33. The number of nitrogens with zero attached hydrogens (tertiary/aromatic N) is 4. The van der Waals surface area contributed by atoms with Gasteiger partial charge >= 0.3 is 0 Å². The molecule has 0 aliphatic heterocycles. The molecule has 0 saturated heterocycles. The molecule has 0 unspecified atom stereocenters. The summed E-state index contributed by atoms with van der Waals surface area (Å²) in [5, 5.41) is 11.8. The number of hydrazine groups is 1. The minimum Gasteiger partial charge on any atom is -0.416 e. The maximum atomic E-state index is 5.34. The fourth-order valence-corrected chi connectivity index (χ4v) is 3.02. The van der Waals surface area contributed by atoms with Crippen molar-refractivity contribution in [3.63, 3.8) is 0 Å².